The van der Waals surface area contributed by atoms with Crippen molar-refractivity contribution >= 4 is 170 Å². The Kier molecular flexibility index (Phi) is 49.1. The van der Waals surface area contributed by atoms with Crippen molar-refractivity contribution in [2.45, 2.75) is 266 Å². The number of thioether (sulfide) groups is 1. The second-order valence-electron chi connectivity index (χ2n) is 35.1. The van der Waals surface area contributed by atoms with Gasteiger partial charge in [-0.2, -0.15) is 11.8 Å². The van der Waals surface area contributed by atoms with Crippen LogP contribution in [0, 0.1) is 11.3 Å². The zero-order chi connectivity index (χ0) is 108. The average molecular weight is 2070 g/mol. The minimum atomic E-state index is -2.27. The molecule has 18 amide bonds. The molecule has 1 fully saturated rings. The SMILES string of the molecule is CC[C@H](C)[C@@H]1NC(=O)[C@H](CCC(=O)O)NC(=O)[C@H](CCCNC(=N)N)NC(=O)[C@H](CC(=O)O)NC(=O)[C@H](Cc2c[nH]c3ccccc23)NC(=O)[C@H](CCC(=O)O)NC(=O)[C@@H](NC(=O)[C@H](Cc2c[nH]c3ccccc23)NC(=O)[C@@H](NC(=O)[C@H](CCSC)NC(=O)CCC(=O)O)[C@@H](C)O)CCC(=O)NCCCCCNC(=O)CC[C@@H](C(=O)N[C@@H](CC(N)=O)C(=O)N[C@@H](Cc2ccc(O)cc2)C(=O)N[C@H](C(N)=O)[C@@H](C)O)NC1=O. The quantitative estimate of drug-likeness (QED) is 0.00982. The third-order valence-corrected chi connectivity index (χ3v) is 24.2. The summed E-state index contributed by atoms with van der Waals surface area (Å²) in [5, 5.41) is 122. The molecule has 798 valence electrons. The van der Waals surface area contributed by atoms with Gasteiger partial charge in [-0.25, -0.2) is 0 Å². The Morgan fingerprint density at radius 1 is 0.493 bits per heavy atom. The number of hydrogen-bond donors (Lipinski definition) is 30. The van der Waals surface area contributed by atoms with Crippen LogP contribution < -0.4 is 108 Å². The van der Waals surface area contributed by atoms with Gasteiger partial charge in [-0.3, -0.25) is 111 Å². The summed E-state index contributed by atoms with van der Waals surface area (Å²) in [4.78, 5) is 315. The van der Waals surface area contributed by atoms with Crippen LogP contribution in [0.2, 0.25) is 0 Å². The fourth-order valence-electron chi connectivity index (χ4n) is 15.3. The predicted octanol–water partition coefficient (Wildman–Crippen LogP) is -5.60. The Labute approximate surface area is 841 Å². The number of rotatable bonds is 44. The van der Waals surface area contributed by atoms with Gasteiger partial charge in [0.2, 0.25) is 106 Å². The molecule has 0 saturated carbocycles. The van der Waals surface area contributed by atoms with Crippen molar-refractivity contribution in [3.63, 3.8) is 0 Å². The van der Waals surface area contributed by atoms with E-state index in [1.54, 1.807) is 61.7 Å². The molecule has 3 aromatic carbocycles. The van der Waals surface area contributed by atoms with E-state index in [0.29, 0.717) is 27.4 Å². The number of aliphatic carboxylic acids is 4. The van der Waals surface area contributed by atoms with Crippen molar-refractivity contribution < 1.29 is 141 Å². The number of para-hydroxylation sites is 2. The number of primary amides is 2. The number of aliphatic hydroxyl groups excluding tert-OH is 2. The van der Waals surface area contributed by atoms with Crippen molar-refractivity contribution in [2.75, 3.05) is 31.6 Å². The second kappa shape index (κ2) is 60.1. The number of nitrogens with two attached hydrogens (primary N) is 3. The number of aliphatic hydroxyl groups is 2. The number of nitrogens with one attached hydrogen (secondary N) is 20. The van der Waals surface area contributed by atoms with Crippen LogP contribution in [0.3, 0.4) is 0 Å². The van der Waals surface area contributed by atoms with Gasteiger partial charge in [0.05, 0.1) is 31.5 Å². The first kappa shape index (κ1) is 119. The molecule has 0 bridgehead atoms. The summed E-state index contributed by atoms with van der Waals surface area (Å²) in [7, 11) is 0. The molecular weight excluding hydrogens is 1940 g/mol. The van der Waals surface area contributed by atoms with Crippen LogP contribution in [0.25, 0.3) is 21.8 Å². The van der Waals surface area contributed by atoms with E-state index < -0.39 is 342 Å². The number of benzene rings is 3. The highest BCUT2D eigenvalue weighted by Gasteiger charge is 2.42. The summed E-state index contributed by atoms with van der Waals surface area (Å²) in [6, 6.07) is -8.44. The highest BCUT2D eigenvalue weighted by Crippen LogP contribution is 2.24. The topological polar surface area (TPSA) is 855 Å². The molecular formula is C93H131N23O29S. The molecule has 0 aliphatic carbocycles. The Morgan fingerprint density at radius 3 is 1.53 bits per heavy atom. The lowest BCUT2D eigenvalue weighted by molar-refractivity contribution is -0.142. The van der Waals surface area contributed by atoms with Crippen LogP contribution in [0.4, 0.5) is 0 Å². The normalized spacial score (nSPS) is 20.0. The molecule has 17 atom stereocenters. The number of phenolic OH excluding ortho intramolecular Hbond substituents is 1. The van der Waals surface area contributed by atoms with Crippen molar-refractivity contribution in [1.82, 2.24) is 100 Å². The van der Waals surface area contributed by atoms with E-state index in [1.807, 2.05) is 0 Å². The van der Waals surface area contributed by atoms with E-state index >= 15 is 24.0 Å². The van der Waals surface area contributed by atoms with Crippen LogP contribution in [-0.4, -0.2) is 310 Å². The number of carbonyl (C=O) groups excluding carboxylic acids is 18. The van der Waals surface area contributed by atoms with Gasteiger partial charge in [0.15, 0.2) is 5.96 Å². The van der Waals surface area contributed by atoms with Crippen LogP contribution in [0.5, 0.6) is 5.75 Å². The molecule has 6 rings (SSSR count). The highest BCUT2D eigenvalue weighted by molar-refractivity contribution is 7.98. The van der Waals surface area contributed by atoms with Crippen LogP contribution in [-0.2, 0) is 125 Å². The van der Waals surface area contributed by atoms with Crippen LogP contribution in [0.15, 0.2) is 85.2 Å². The molecule has 53 heteroatoms. The largest absolute Gasteiger partial charge is 0.508 e. The third-order valence-electron chi connectivity index (χ3n) is 23.6. The second-order valence-corrected chi connectivity index (χ2v) is 36.1. The monoisotopic (exact) mass is 2070 g/mol. The van der Waals surface area contributed by atoms with Gasteiger partial charge >= 0.3 is 23.9 Å². The predicted molar refractivity (Wildman–Crippen MR) is 522 cm³/mol. The molecule has 5 aromatic rings. The number of guanidine groups is 1. The number of carbonyl (C=O) groups is 22. The molecule has 52 nitrogen and oxygen atoms in total. The van der Waals surface area contributed by atoms with Crippen LogP contribution in [0.1, 0.15) is 166 Å². The summed E-state index contributed by atoms with van der Waals surface area (Å²) in [5.41, 5.74) is 18.5. The summed E-state index contributed by atoms with van der Waals surface area (Å²) in [6.45, 7) is 4.79. The average Bonchev–Trinajstić information content (AvgIpc) is 1.66. The third kappa shape index (κ3) is 40.7. The number of H-pyrrole nitrogens is 2. The fourth-order valence-corrected chi connectivity index (χ4v) is 15.8. The summed E-state index contributed by atoms with van der Waals surface area (Å²) in [6.07, 6.45) is -10.1. The van der Waals surface area contributed by atoms with Crippen molar-refractivity contribution in [2.24, 2.45) is 23.1 Å². The minimum absolute atomic E-state index is 0.0174. The minimum Gasteiger partial charge on any atom is -0.508 e. The molecule has 2 aromatic heterocycles. The molecule has 1 aliphatic heterocycles. The van der Waals surface area contributed by atoms with E-state index in [0.717, 1.165) is 13.8 Å². The van der Waals surface area contributed by atoms with Gasteiger partial charge in [-0.05, 0) is 137 Å². The lowest BCUT2D eigenvalue weighted by atomic mass is 9.96. The molecule has 33 N–H and O–H groups in total. The maximum Gasteiger partial charge on any atom is 0.305 e. The summed E-state index contributed by atoms with van der Waals surface area (Å²) in [5.74, 6) is -29.2. The Hall–Kier alpha value is -15.6. The molecule has 3 heterocycles. The zero-order valence-corrected chi connectivity index (χ0v) is 81.9. The fraction of sp³-hybridized carbons (Fsp3) is 0.516. The van der Waals surface area contributed by atoms with E-state index in [1.165, 1.54) is 55.3 Å². The first-order chi connectivity index (χ1) is 69.1. The van der Waals surface area contributed by atoms with Crippen molar-refractivity contribution in [3.05, 3.63) is 102 Å². The van der Waals surface area contributed by atoms with E-state index in [4.69, 9.17) is 22.6 Å². The zero-order valence-electron chi connectivity index (χ0n) is 81.0. The molecule has 0 radical (unpaired) electrons. The summed E-state index contributed by atoms with van der Waals surface area (Å²) >= 11 is 1.26. The smallest absolute Gasteiger partial charge is 0.305 e. The number of phenols is 1. The van der Waals surface area contributed by atoms with Gasteiger partial charge in [0.25, 0.3) is 0 Å². The molecule has 146 heavy (non-hydrogen) atoms. The summed E-state index contributed by atoms with van der Waals surface area (Å²) < 4.78 is 0. The first-order valence-corrected chi connectivity index (χ1v) is 48.6. The number of hydrogen-bond acceptors (Lipinski definition) is 27. The van der Waals surface area contributed by atoms with E-state index in [-0.39, 0.29) is 80.8 Å². The highest BCUT2D eigenvalue weighted by atomic mass is 32.2. The number of carboxylic acids is 4. The van der Waals surface area contributed by atoms with Gasteiger partial charge in [0, 0.05) is 105 Å². The molecule has 1 saturated heterocycles. The number of aromatic nitrogens is 2. The lowest BCUT2D eigenvalue weighted by Crippen LogP contribution is -2.62. The number of fused-ring (bicyclic) bond motifs is 2. The Balaban J connectivity index is 1.47. The number of carboxylic acid groups (broad SMARTS) is 4. The van der Waals surface area contributed by atoms with Gasteiger partial charge in [0.1, 0.15) is 90.3 Å². The molecule has 1 aliphatic rings. The number of aromatic hydroxyl groups is 1. The molecule has 0 spiro atoms. The van der Waals surface area contributed by atoms with Crippen molar-refractivity contribution in [1.29, 1.82) is 5.41 Å². The van der Waals surface area contributed by atoms with Gasteiger partial charge in [-0.1, -0.05) is 68.8 Å². The van der Waals surface area contributed by atoms with Crippen molar-refractivity contribution in [3.8, 4) is 5.75 Å². The number of amides is 18. The van der Waals surface area contributed by atoms with Crippen LogP contribution >= 0.6 is 11.8 Å². The van der Waals surface area contributed by atoms with E-state index in [2.05, 4.69) is 100 Å². The Morgan fingerprint density at radius 2 is 0.986 bits per heavy atom. The lowest BCUT2D eigenvalue weighted by Gasteiger charge is -2.30. The maximum absolute atomic E-state index is 15.4. The van der Waals surface area contributed by atoms with E-state index in [9.17, 15) is 117 Å². The molecule has 0 unspecified atom stereocenters. The Bertz CT molecular complexity index is 5460. The van der Waals surface area contributed by atoms with Gasteiger partial charge in [-0.15, -0.1) is 0 Å². The maximum atomic E-state index is 15.4. The number of aromatic amines is 2. The first-order valence-electron chi connectivity index (χ1n) is 47.2. The standard InChI is InChI=1S/C93H131N23O29S/c1-6-46(2)76-91(144)108-59(82(135)111-66(42-68(94)120)88(141)109-63(39-49-20-22-52(119)23-21-49)90(143)115-77(47(3)117)79(95)132)25-29-70(122)99-36-13-7-12-35-98-69(121)28-24-58(107-86(139)65(41-51-45-102-56-18-11-9-16-54(51)56)113-92(145)78(48(4)118)116-85(138)62(34-38-146-5)103-71(123)30-33-74(128)129)81(134)105-60(26-31-72(124)125)83(136)110-64(40-50-44-101-55-17-10-8-15-53(50)55)87(140)112-67(43-75(130)131)89(142)104-57(19-14-37-100-93(96)97)80(133)106-61(84(137)114-76)27-32-73(126)127/h8-11,15-18,20-23,44-48,57-67,76-78,101-102,117-119H,6-7,12-14,19,24-43H2,1-5H3,(H2,94,120)(H2,95,132)(H,98,121)(H,99,122)(H,103,123)(H,104,142)(H,105,134)(H,106,133)(H,107,139)(H,108,144)(H,109,141)(H,110,136)(H,111,135)(H,112,140)(H,113,145)(H,114,137)(H,115,143)(H,116,138)(H,124,125)(H,126,127)(H,128,129)(H,130,131)(H4,96,97,100)/t46-,47+,48+,57-,58-,59-,60-,61-,62-,63-,64-,65-,66-,67-,76-,77-,78-/m0/s1. The van der Waals surface area contributed by atoms with Gasteiger partial charge < -0.3 is 153 Å².